The van der Waals surface area contributed by atoms with E-state index in [1.165, 1.54) is 73.7 Å². The van der Waals surface area contributed by atoms with Crippen molar-refractivity contribution in [3.8, 4) is 0 Å². The molecule has 1 fully saturated rings. The number of carbonyl (C=O) groups excluding carboxylic acids is 12. The fraction of sp³-hybridized carbons (Fsp3) is 0.778. The van der Waals surface area contributed by atoms with Gasteiger partial charge in [-0.3, -0.25) is 52.7 Å². The number of ether oxygens (including phenoxy) is 1. The first-order valence-corrected chi connectivity index (χ1v) is 45.4. The molecule has 1 aromatic carbocycles. The highest BCUT2D eigenvalue weighted by Crippen LogP contribution is 2.33. The minimum Gasteiger partial charge on any atom is -0.450 e. The molecule has 0 saturated carbocycles. The van der Waals surface area contributed by atoms with Gasteiger partial charge in [-0.1, -0.05) is 176 Å². The Balaban J connectivity index is 3.38. The number of likely N-dealkylation sites (N-methyl/N-ethyl adjacent to an activating group) is 6. The van der Waals surface area contributed by atoms with Gasteiger partial charge in [-0.15, -0.1) is 0 Å². The molecule has 5 N–H and O–H groups in total. The largest absolute Gasteiger partial charge is 0.450 e. The highest BCUT2D eigenvalue weighted by Gasteiger charge is 2.50. The van der Waals surface area contributed by atoms with E-state index < -0.39 is 179 Å². The number of esters is 1. The Labute approximate surface area is 656 Å². The number of nitrogens with one attached hydrogen (secondary N) is 5. The highest BCUT2D eigenvalue weighted by atomic mass is 28.4. The Hall–Kier alpha value is -6.79. The van der Waals surface area contributed by atoms with E-state index in [2.05, 4.69) is 26.6 Å². The second-order valence-electron chi connectivity index (χ2n) is 33.6. The number of amides is 11. The van der Waals surface area contributed by atoms with Crippen LogP contribution < -0.4 is 26.6 Å². The van der Waals surface area contributed by atoms with E-state index >= 15 is 38.4 Å². The average Bonchev–Trinajstić information content (AvgIpc) is 0.802. The molecule has 0 aromatic heterocycles. The van der Waals surface area contributed by atoms with Crippen molar-refractivity contribution < 1.29 is 71.1 Å². The summed E-state index contributed by atoms with van der Waals surface area (Å²) in [5.74, 6) is -11.5. The van der Waals surface area contributed by atoms with Gasteiger partial charge in [0.05, 0.1) is 18.8 Å². The van der Waals surface area contributed by atoms with Crippen molar-refractivity contribution in [3.05, 3.63) is 35.9 Å². The zero-order valence-electron chi connectivity index (χ0n) is 72.1. The van der Waals surface area contributed by atoms with Crippen LogP contribution in [0.1, 0.15) is 203 Å². The predicted octanol–water partition coefficient (Wildman–Crippen LogP) is 9.15. The third-order valence-electron chi connectivity index (χ3n) is 21.8. The summed E-state index contributed by atoms with van der Waals surface area (Å²) < 4.78 is 20.6. The molecule has 0 unspecified atom stereocenters. The van der Waals surface area contributed by atoms with Crippen LogP contribution in [0.5, 0.6) is 0 Å². The third kappa shape index (κ3) is 28.7. The number of hydrogen-bond donors (Lipinski definition) is 5. The molecule has 13 atom stereocenters. The SMILES string of the molecule is CC[Si](CC)(CC)O[C@H]([C@H](C)CC(=O)NCc1ccccc1)[C@@H]1C(=O)N[C@@H]([C@@H](C)O[Si](CC)(CC)CC)C(=O)N(C)CC(=O)N(C)[C@@H](CC(C)C)C(=O)N[C@H](CC(C)C)C(=O)N(C)[C@H](CC(C)C)C(=O)N[C@@H](C)C(=O)O[C@@H](C(C)C)C(=O)N(C)[C@@H](CC(C)C)C(=O)N[C@@H](CC(C)C)C(=O)N(C)[C@H](C(C)C)C(=O)N1C. The molecule has 0 radical (unpaired) electrons. The van der Waals surface area contributed by atoms with Gasteiger partial charge < -0.3 is 69.6 Å². The monoisotopic (exact) mass is 1570 g/mol. The first kappa shape index (κ1) is 98.3. The molecule has 622 valence electrons. The van der Waals surface area contributed by atoms with Crippen LogP contribution in [-0.2, 0) is 77.7 Å². The van der Waals surface area contributed by atoms with Crippen LogP contribution in [-0.4, -0.2) is 239 Å². The third-order valence-corrected chi connectivity index (χ3v) is 31.2. The lowest BCUT2D eigenvalue weighted by molar-refractivity contribution is -0.166. The molecule has 1 saturated heterocycles. The molecule has 1 heterocycles. The number of benzene rings is 1. The van der Waals surface area contributed by atoms with Crippen LogP contribution in [0.25, 0.3) is 0 Å². The number of nitrogens with zero attached hydrogens (tertiary/aromatic N) is 6. The zero-order chi connectivity index (χ0) is 83.6. The van der Waals surface area contributed by atoms with Crippen LogP contribution in [0.2, 0.25) is 36.3 Å². The maximum Gasteiger partial charge on any atom is 0.329 e. The van der Waals surface area contributed by atoms with Crippen LogP contribution in [0.3, 0.4) is 0 Å². The van der Waals surface area contributed by atoms with Crippen LogP contribution in [0.15, 0.2) is 30.3 Å². The summed E-state index contributed by atoms with van der Waals surface area (Å²) in [7, 11) is 3.07. The van der Waals surface area contributed by atoms with Gasteiger partial charge in [-0.05, 0) is 135 Å². The van der Waals surface area contributed by atoms with Gasteiger partial charge in [0.25, 0.3) is 5.91 Å². The van der Waals surface area contributed by atoms with E-state index in [0.29, 0.717) is 36.3 Å². The maximum absolute atomic E-state index is 16.6. The molecule has 1 aliphatic heterocycles. The minimum atomic E-state index is -2.89. The quantitative estimate of drug-likeness (QED) is 0.0369. The molecular formula is C81H145N11O15Si2. The summed E-state index contributed by atoms with van der Waals surface area (Å²) in [6, 6.07) is 1.05. The molecule has 2 rings (SSSR count). The van der Waals surface area contributed by atoms with Crippen LogP contribution >= 0.6 is 0 Å². The fourth-order valence-corrected chi connectivity index (χ4v) is 20.4. The smallest absolute Gasteiger partial charge is 0.329 e. The van der Waals surface area contributed by atoms with Gasteiger partial charge >= 0.3 is 5.97 Å². The maximum atomic E-state index is 16.6. The molecular weight excluding hydrogens is 1420 g/mol. The molecule has 0 spiro atoms. The summed E-state index contributed by atoms with van der Waals surface area (Å²) in [4.78, 5) is 190. The fourth-order valence-electron chi connectivity index (χ4n) is 14.5. The van der Waals surface area contributed by atoms with E-state index in [1.54, 1.807) is 41.5 Å². The second kappa shape index (κ2) is 45.7. The molecule has 1 aromatic rings. The van der Waals surface area contributed by atoms with Crippen LogP contribution in [0.4, 0.5) is 0 Å². The number of rotatable bonds is 29. The summed E-state index contributed by atoms with van der Waals surface area (Å²) in [6.45, 7) is 42.1. The number of cyclic esters (lactones) is 1. The van der Waals surface area contributed by atoms with Crippen molar-refractivity contribution in [2.24, 2.45) is 47.3 Å². The summed E-state index contributed by atoms with van der Waals surface area (Å²) >= 11 is 0. The minimum absolute atomic E-state index is 0.0759. The Morgan fingerprint density at radius 1 is 0.477 bits per heavy atom. The van der Waals surface area contributed by atoms with Gasteiger partial charge in [0.1, 0.15) is 54.4 Å². The number of carbonyl (C=O) groups is 12. The van der Waals surface area contributed by atoms with Crippen molar-refractivity contribution in [2.45, 2.75) is 313 Å². The lowest BCUT2D eigenvalue weighted by Gasteiger charge is -2.44. The summed E-state index contributed by atoms with van der Waals surface area (Å²) in [5.41, 5.74) is 0.850. The van der Waals surface area contributed by atoms with Crippen molar-refractivity contribution in [3.63, 3.8) is 0 Å². The molecule has 28 heteroatoms. The van der Waals surface area contributed by atoms with Crippen molar-refractivity contribution in [1.29, 1.82) is 0 Å². The van der Waals surface area contributed by atoms with E-state index in [4.69, 9.17) is 13.6 Å². The Bertz CT molecular complexity index is 3110. The van der Waals surface area contributed by atoms with Crippen molar-refractivity contribution >= 4 is 87.6 Å². The number of hydrogen-bond acceptors (Lipinski definition) is 15. The van der Waals surface area contributed by atoms with E-state index in [1.807, 2.05) is 141 Å². The highest BCUT2D eigenvalue weighted by molar-refractivity contribution is 6.74. The Morgan fingerprint density at radius 3 is 1.30 bits per heavy atom. The second-order valence-corrected chi connectivity index (χ2v) is 43.0. The molecule has 11 amide bonds. The molecule has 109 heavy (non-hydrogen) atoms. The van der Waals surface area contributed by atoms with Gasteiger partial charge in [-0.25, -0.2) is 4.79 Å². The summed E-state index contributed by atoms with van der Waals surface area (Å²) in [6.07, 6.45) is -3.43. The first-order valence-electron chi connectivity index (χ1n) is 40.4. The van der Waals surface area contributed by atoms with E-state index in [9.17, 15) is 19.2 Å². The van der Waals surface area contributed by atoms with E-state index in [0.717, 1.165) is 10.5 Å². The standard InChI is InChI=1S/C81H145N11O15Si2/c1-30-108(31-2,32-3)106-58(23)67-78(101)87(24)48-66(94)88(25)62(43-51(11)12)73(96)84-60(41-49(7)8)76(99)89(26)63(44-52(13)14)72(95)83-57(22)81(104)105-70(55(19)20)80(103)90(27)64(45-53(15)16)74(97)85-61(42-50(9)10)77(100)91(28)68(54(17)18)79(102)92(29)69(75(98)86-67)71(107-109(33-4,34-5)35-6)56(21)46-65(93)82-47-59-39-37-36-38-40-59/h36-40,49-58,60-64,67-71H,30-35,41-48H2,1-29H3,(H,82,93)(H,83,95)(H,84,96)(H,85,97)(H,86,98)/t56-,57+,58-,60-,61+,62+,63-,64+,67+,68-,69-,70+,71-/m1/s1. The Morgan fingerprint density at radius 2 is 0.881 bits per heavy atom. The van der Waals surface area contributed by atoms with Crippen molar-refractivity contribution in [2.75, 3.05) is 48.8 Å². The lowest BCUT2D eigenvalue weighted by atomic mass is 9.91. The molecule has 26 nitrogen and oxygen atoms in total. The topological polar surface area (TPSA) is 312 Å². The van der Waals surface area contributed by atoms with Crippen LogP contribution in [0, 0.1) is 47.3 Å². The van der Waals surface area contributed by atoms with Gasteiger partial charge in [-0.2, -0.15) is 0 Å². The molecule has 0 aliphatic carbocycles. The molecule has 1 aliphatic rings. The first-order chi connectivity index (χ1) is 50.7. The van der Waals surface area contributed by atoms with Crippen molar-refractivity contribution in [1.82, 2.24) is 56.0 Å². The zero-order valence-corrected chi connectivity index (χ0v) is 74.1. The van der Waals surface area contributed by atoms with Gasteiger partial charge in [0.2, 0.25) is 59.1 Å². The summed E-state index contributed by atoms with van der Waals surface area (Å²) in [5, 5.41) is 14.7. The average molecular weight is 1570 g/mol. The Kier molecular flexibility index (Phi) is 41.2. The lowest BCUT2D eigenvalue weighted by Crippen LogP contribution is -2.66. The normalized spacial score (nSPS) is 24.0. The van der Waals surface area contributed by atoms with Gasteiger partial charge in [0.15, 0.2) is 22.7 Å². The van der Waals surface area contributed by atoms with Gasteiger partial charge in [0, 0.05) is 55.3 Å². The molecule has 0 bridgehead atoms. The van der Waals surface area contributed by atoms with E-state index in [-0.39, 0.29) is 80.6 Å². The predicted molar refractivity (Wildman–Crippen MR) is 433 cm³/mol.